The molecular formula is C13H18BrFN2O2. The van der Waals surface area contributed by atoms with Gasteiger partial charge in [-0.2, -0.15) is 0 Å². The highest BCUT2D eigenvalue weighted by molar-refractivity contribution is 9.10. The molecule has 6 heteroatoms. The average molecular weight is 333 g/mol. The van der Waals surface area contributed by atoms with Crippen LogP contribution in [-0.4, -0.2) is 11.7 Å². The summed E-state index contributed by atoms with van der Waals surface area (Å²) in [7, 11) is 0. The molecule has 0 radical (unpaired) electrons. The number of hydrogen-bond donors (Lipinski definition) is 2. The monoisotopic (exact) mass is 332 g/mol. The Bertz CT molecular complexity index is 460. The van der Waals surface area contributed by atoms with Crippen molar-refractivity contribution < 1.29 is 13.9 Å². The lowest BCUT2D eigenvalue weighted by atomic mass is 10.1. The van der Waals surface area contributed by atoms with Crippen LogP contribution in [0.25, 0.3) is 0 Å². The van der Waals surface area contributed by atoms with E-state index in [9.17, 15) is 9.18 Å². The highest BCUT2D eigenvalue weighted by atomic mass is 79.9. The molecule has 0 aromatic heterocycles. The first kappa shape index (κ1) is 15.9. The minimum Gasteiger partial charge on any atom is -0.443 e. The van der Waals surface area contributed by atoms with Crippen molar-refractivity contribution in [2.45, 2.75) is 39.3 Å². The Hall–Kier alpha value is -1.14. The molecule has 106 valence electrons. The highest BCUT2D eigenvalue weighted by Gasteiger charge is 2.16. The summed E-state index contributed by atoms with van der Waals surface area (Å²) in [6, 6.07) is 4.49. The fourth-order valence-electron chi connectivity index (χ4n) is 1.34. The highest BCUT2D eigenvalue weighted by Crippen LogP contribution is 2.20. The van der Waals surface area contributed by atoms with Gasteiger partial charge in [-0.3, -0.25) is 5.43 Å². The summed E-state index contributed by atoms with van der Waals surface area (Å²) in [5.74, 6) is -0.323. The summed E-state index contributed by atoms with van der Waals surface area (Å²) >= 11 is 3.12. The van der Waals surface area contributed by atoms with Crippen molar-refractivity contribution in [3.8, 4) is 0 Å². The van der Waals surface area contributed by atoms with Crippen molar-refractivity contribution in [2.75, 3.05) is 0 Å². The summed E-state index contributed by atoms with van der Waals surface area (Å²) in [6.45, 7) is 7.20. The van der Waals surface area contributed by atoms with Crippen LogP contribution in [0.1, 0.15) is 39.3 Å². The van der Waals surface area contributed by atoms with E-state index in [2.05, 4.69) is 26.8 Å². The number of hydrogen-bond acceptors (Lipinski definition) is 3. The fourth-order valence-corrected chi connectivity index (χ4v) is 1.73. The Labute approximate surface area is 120 Å². The predicted molar refractivity (Wildman–Crippen MR) is 75.0 cm³/mol. The minimum atomic E-state index is -0.555. The molecule has 19 heavy (non-hydrogen) atoms. The first-order valence-electron chi connectivity index (χ1n) is 5.88. The second-order valence-electron chi connectivity index (χ2n) is 5.17. The van der Waals surface area contributed by atoms with Crippen molar-refractivity contribution in [3.05, 3.63) is 34.1 Å². The van der Waals surface area contributed by atoms with Crippen molar-refractivity contribution in [2.24, 2.45) is 0 Å². The standard InChI is InChI=1S/C13H18BrFN2O2/c1-8(9-5-6-11(15)10(14)7-9)16-17-12(18)19-13(2,3)4/h5-8,16H,1-4H3,(H,17,18). The van der Waals surface area contributed by atoms with E-state index in [-0.39, 0.29) is 11.9 Å². The molecule has 2 N–H and O–H groups in total. The van der Waals surface area contributed by atoms with Gasteiger partial charge in [-0.15, -0.1) is 0 Å². The van der Waals surface area contributed by atoms with E-state index in [1.807, 2.05) is 6.92 Å². The van der Waals surface area contributed by atoms with E-state index in [1.54, 1.807) is 32.9 Å². The molecule has 1 aromatic carbocycles. The van der Waals surface area contributed by atoms with Crippen LogP contribution in [0.3, 0.4) is 0 Å². The summed E-state index contributed by atoms with van der Waals surface area (Å²) in [4.78, 5) is 11.5. The molecule has 1 aromatic rings. The molecule has 0 aliphatic rings. The molecule has 4 nitrogen and oxygen atoms in total. The van der Waals surface area contributed by atoms with Crippen LogP contribution in [0.5, 0.6) is 0 Å². The molecule has 0 fully saturated rings. The van der Waals surface area contributed by atoms with Crippen LogP contribution in [0.15, 0.2) is 22.7 Å². The zero-order valence-corrected chi connectivity index (χ0v) is 13.0. The van der Waals surface area contributed by atoms with Gasteiger partial charge in [-0.25, -0.2) is 14.6 Å². The summed E-state index contributed by atoms with van der Waals surface area (Å²) in [6.07, 6.45) is -0.555. The molecule has 1 rings (SSSR count). The second-order valence-corrected chi connectivity index (χ2v) is 6.02. The van der Waals surface area contributed by atoms with Crippen LogP contribution in [0.4, 0.5) is 9.18 Å². The van der Waals surface area contributed by atoms with Crippen molar-refractivity contribution in [3.63, 3.8) is 0 Å². The van der Waals surface area contributed by atoms with Gasteiger partial charge in [0.2, 0.25) is 0 Å². The maximum atomic E-state index is 13.1. The lowest BCUT2D eigenvalue weighted by Crippen LogP contribution is -2.42. The Morgan fingerprint density at radius 2 is 2.05 bits per heavy atom. The summed E-state index contributed by atoms with van der Waals surface area (Å²) in [5, 5.41) is 0. The van der Waals surface area contributed by atoms with E-state index < -0.39 is 11.7 Å². The summed E-state index contributed by atoms with van der Waals surface area (Å²) in [5.41, 5.74) is 5.54. The smallest absolute Gasteiger partial charge is 0.422 e. The lowest BCUT2D eigenvalue weighted by molar-refractivity contribution is 0.0489. The summed E-state index contributed by atoms with van der Waals surface area (Å²) < 4.78 is 18.6. The second kappa shape index (κ2) is 6.34. The first-order valence-corrected chi connectivity index (χ1v) is 6.68. The van der Waals surface area contributed by atoms with E-state index in [0.29, 0.717) is 4.47 Å². The number of carbonyl (C=O) groups is 1. The number of nitrogens with one attached hydrogen (secondary N) is 2. The van der Waals surface area contributed by atoms with Crippen LogP contribution in [0, 0.1) is 5.82 Å². The third kappa shape index (κ3) is 5.57. The maximum absolute atomic E-state index is 13.1. The van der Waals surface area contributed by atoms with Crippen LogP contribution >= 0.6 is 15.9 Å². The number of halogens is 2. The minimum absolute atomic E-state index is 0.176. The topological polar surface area (TPSA) is 50.4 Å². The number of hydrazine groups is 1. The Morgan fingerprint density at radius 1 is 1.42 bits per heavy atom. The maximum Gasteiger partial charge on any atom is 0.422 e. The Kier molecular flexibility index (Phi) is 5.31. The van der Waals surface area contributed by atoms with E-state index >= 15 is 0 Å². The first-order chi connectivity index (χ1) is 8.69. The predicted octanol–water partition coefficient (Wildman–Crippen LogP) is 3.68. The van der Waals surface area contributed by atoms with Crippen molar-refractivity contribution in [1.82, 2.24) is 10.9 Å². The van der Waals surface area contributed by atoms with Gasteiger partial charge < -0.3 is 4.74 Å². The van der Waals surface area contributed by atoms with Crippen LogP contribution in [-0.2, 0) is 4.74 Å². The SMILES string of the molecule is CC(NNC(=O)OC(C)(C)C)c1ccc(F)c(Br)c1. The van der Waals surface area contributed by atoms with Gasteiger partial charge in [-0.1, -0.05) is 6.07 Å². The lowest BCUT2D eigenvalue weighted by Gasteiger charge is -2.21. The molecule has 0 spiro atoms. The normalized spacial score (nSPS) is 12.9. The van der Waals surface area contributed by atoms with E-state index in [0.717, 1.165) is 5.56 Å². The van der Waals surface area contributed by atoms with Gasteiger partial charge in [-0.05, 0) is 61.3 Å². The Morgan fingerprint density at radius 3 is 2.58 bits per heavy atom. The van der Waals surface area contributed by atoms with Gasteiger partial charge in [0.1, 0.15) is 11.4 Å². The van der Waals surface area contributed by atoms with E-state index in [1.165, 1.54) is 6.07 Å². The third-order valence-electron chi connectivity index (χ3n) is 2.23. The molecule has 0 aliphatic carbocycles. The number of carbonyl (C=O) groups excluding carboxylic acids is 1. The number of rotatable bonds is 3. The van der Waals surface area contributed by atoms with Gasteiger partial charge >= 0.3 is 6.09 Å². The van der Waals surface area contributed by atoms with Crippen molar-refractivity contribution in [1.29, 1.82) is 0 Å². The molecule has 0 aliphatic heterocycles. The van der Waals surface area contributed by atoms with Gasteiger partial charge in [0.05, 0.1) is 4.47 Å². The van der Waals surface area contributed by atoms with Crippen molar-refractivity contribution >= 4 is 22.0 Å². The van der Waals surface area contributed by atoms with Gasteiger partial charge in [0, 0.05) is 6.04 Å². The quantitative estimate of drug-likeness (QED) is 0.830. The molecule has 0 heterocycles. The van der Waals surface area contributed by atoms with Gasteiger partial charge in [0.15, 0.2) is 0 Å². The molecule has 0 saturated carbocycles. The average Bonchev–Trinajstić information content (AvgIpc) is 2.27. The third-order valence-corrected chi connectivity index (χ3v) is 2.84. The number of ether oxygens (including phenoxy) is 1. The number of benzene rings is 1. The zero-order valence-electron chi connectivity index (χ0n) is 11.4. The van der Waals surface area contributed by atoms with Crippen LogP contribution in [0.2, 0.25) is 0 Å². The van der Waals surface area contributed by atoms with Gasteiger partial charge in [0.25, 0.3) is 0 Å². The molecule has 1 amide bonds. The number of amides is 1. The van der Waals surface area contributed by atoms with Crippen LogP contribution < -0.4 is 10.9 Å². The fraction of sp³-hybridized carbons (Fsp3) is 0.462. The largest absolute Gasteiger partial charge is 0.443 e. The molecule has 0 saturated heterocycles. The molecule has 1 unspecified atom stereocenters. The zero-order chi connectivity index (χ0) is 14.6. The molecular weight excluding hydrogens is 315 g/mol. The Balaban J connectivity index is 2.53. The van der Waals surface area contributed by atoms with E-state index in [4.69, 9.17) is 4.74 Å². The molecule has 1 atom stereocenters. The molecule has 0 bridgehead atoms.